The number of likely N-dealkylation sites (N-methyl/N-ethyl adjacent to an activating group) is 1. The van der Waals surface area contributed by atoms with E-state index < -0.39 is 18.1 Å². The van der Waals surface area contributed by atoms with Gasteiger partial charge in [0.25, 0.3) is 0 Å². The molecular weight excluding hydrogens is 221 g/mol. The number of hydrogen-bond donors (Lipinski definition) is 1. The standard InChI is InChI=1S/C10H17F3N2O/c1-7(14-2)9(16)15-5-3-4-8(6-15)10(11,12)13/h7-8,14H,3-6H2,1-2H3. The Morgan fingerprint density at radius 3 is 2.62 bits per heavy atom. The summed E-state index contributed by atoms with van der Waals surface area (Å²) in [6.07, 6.45) is -3.64. The average Bonchev–Trinajstić information content (AvgIpc) is 2.26. The second kappa shape index (κ2) is 5.03. The molecule has 0 aromatic carbocycles. The van der Waals surface area contributed by atoms with Gasteiger partial charge in [0.05, 0.1) is 12.0 Å². The fraction of sp³-hybridized carbons (Fsp3) is 0.900. The van der Waals surface area contributed by atoms with Gasteiger partial charge in [0, 0.05) is 13.1 Å². The van der Waals surface area contributed by atoms with Gasteiger partial charge in [0.1, 0.15) is 0 Å². The number of carbonyl (C=O) groups is 1. The second-order valence-corrected chi connectivity index (χ2v) is 4.18. The Bertz CT molecular complexity index is 255. The molecule has 1 rings (SSSR count). The summed E-state index contributed by atoms with van der Waals surface area (Å²) in [5.41, 5.74) is 0. The Morgan fingerprint density at radius 1 is 1.50 bits per heavy atom. The van der Waals surface area contributed by atoms with E-state index in [0.717, 1.165) is 0 Å². The molecule has 0 spiro atoms. The smallest absolute Gasteiger partial charge is 0.341 e. The van der Waals surface area contributed by atoms with Gasteiger partial charge in [-0.2, -0.15) is 13.2 Å². The Labute approximate surface area is 93.0 Å². The van der Waals surface area contributed by atoms with Crippen molar-refractivity contribution in [3.05, 3.63) is 0 Å². The fourth-order valence-electron chi connectivity index (χ4n) is 1.84. The molecule has 6 heteroatoms. The third-order valence-corrected chi connectivity index (χ3v) is 3.00. The van der Waals surface area contributed by atoms with Gasteiger partial charge in [-0.25, -0.2) is 0 Å². The number of likely N-dealkylation sites (tertiary alicyclic amines) is 1. The summed E-state index contributed by atoms with van der Waals surface area (Å²) in [5.74, 6) is -1.62. The van der Waals surface area contributed by atoms with Crippen molar-refractivity contribution in [1.29, 1.82) is 0 Å². The minimum atomic E-state index is -4.19. The van der Waals surface area contributed by atoms with Gasteiger partial charge in [0.2, 0.25) is 5.91 Å². The van der Waals surface area contributed by atoms with Gasteiger partial charge in [-0.1, -0.05) is 0 Å². The molecule has 1 saturated heterocycles. The molecule has 16 heavy (non-hydrogen) atoms. The molecule has 1 amide bonds. The van der Waals surface area contributed by atoms with E-state index in [1.807, 2.05) is 0 Å². The van der Waals surface area contributed by atoms with Crippen LogP contribution in [0.3, 0.4) is 0 Å². The molecule has 3 nitrogen and oxygen atoms in total. The van der Waals surface area contributed by atoms with Crippen molar-refractivity contribution in [3.8, 4) is 0 Å². The van der Waals surface area contributed by atoms with Gasteiger partial charge in [0.15, 0.2) is 0 Å². The molecular formula is C10H17F3N2O. The predicted molar refractivity (Wildman–Crippen MR) is 53.9 cm³/mol. The summed E-state index contributed by atoms with van der Waals surface area (Å²) in [6.45, 7) is 1.88. The predicted octanol–water partition coefficient (Wildman–Crippen LogP) is 1.40. The van der Waals surface area contributed by atoms with Crippen LogP contribution in [0.15, 0.2) is 0 Å². The number of nitrogens with one attached hydrogen (secondary N) is 1. The summed E-state index contributed by atoms with van der Waals surface area (Å²) >= 11 is 0. The highest BCUT2D eigenvalue weighted by molar-refractivity contribution is 5.81. The second-order valence-electron chi connectivity index (χ2n) is 4.18. The fourth-order valence-corrected chi connectivity index (χ4v) is 1.84. The van der Waals surface area contributed by atoms with Crippen LogP contribution in [0, 0.1) is 5.92 Å². The van der Waals surface area contributed by atoms with E-state index >= 15 is 0 Å². The Kier molecular flexibility index (Phi) is 4.18. The summed E-state index contributed by atoms with van der Waals surface area (Å²) in [5, 5.41) is 2.74. The van der Waals surface area contributed by atoms with Crippen molar-refractivity contribution in [2.24, 2.45) is 5.92 Å². The van der Waals surface area contributed by atoms with Gasteiger partial charge in [-0.3, -0.25) is 4.79 Å². The quantitative estimate of drug-likeness (QED) is 0.788. The van der Waals surface area contributed by atoms with Crippen molar-refractivity contribution in [1.82, 2.24) is 10.2 Å². The van der Waals surface area contributed by atoms with Crippen molar-refractivity contribution >= 4 is 5.91 Å². The van der Waals surface area contributed by atoms with E-state index in [1.54, 1.807) is 14.0 Å². The minimum absolute atomic E-state index is 0.126. The summed E-state index contributed by atoms with van der Waals surface area (Å²) in [6, 6.07) is -0.424. The molecule has 1 heterocycles. The van der Waals surface area contributed by atoms with Crippen LogP contribution in [0.2, 0.25) is 0 Å². The highest BCUT2D eigenvalue weighted by Gasteiger charge is 2.42. The first kappa shape index (κ1) is 13.3. The van der Waals surface area contributed by atoms with Crippen LogP contribution in [0.25, 0.3) is 0 Å². The van der Waals surface area contributed by atoms with Crippen molar-refractivity contribution in [3.63, 3.8) is 0 Å². The summed E-state index contributed by atoms with van der Waals surface area (Å²) in [7, 11) is 1.62. The number of halogens is 3. The molecule has 1 fully saturated rings. The number of alkyl halides is 3. The lowest BCUT2D eigenvalue weighted by molar-refractivity contribution is -0.188. The van der Waals surface area contributed by atoms with Crippen LogP contribution >= 0.6 is 0 Å². The molecule has 0 bridgehead atoms. The van der Waals surface area contributed by atoms with Gasteiger partial charge in [-0.05, 0) is 26.8 Å². The third kappa shape index (κ3) is 3.10. The Hall–Kier alpha value is -0.780. The van der Waals surface area contributed by atoms with E-state index in [1.165, 1.54) is 4.90 Å². The Balaban J connectivity index is 2.60. The zero-order chi connectivity index (χ0) is 12.3. The lowest BCUT2D eigenvalue weighted by Gasteiger charge is -2.35. The lowest BCUT2D eigenvalue weighted by Crippen LogP contribution is -2.50. The molecule has 1 N–H and O–H groups in total. The van der Waals surface area contributed by atoms with E-state index in [-0.39, 0.29) is 18.9 Å². The van der Waals surface area contributed by atoms with Crippen molar-refractivity contribution in [2.45, 2.75) is 32.0 Å². The molecule has 0 radical (unpaired) electrons. The van der Waals surface area contributed by atoms with Gasteiger partial charge in [-0.15, -0.1) is 0 Å². The van der Waals surface area contributed by atoms with Crippen LogP contribution in [0.1, 0.15) is 19.8 Å². The van der Waals surface area contributed by atoms with Gasteiger partial charge >= 0.3 is 6.18 Å². The maximum absolute atomic E-state index is 12.5. The zero-order valence-corrected chi connectivity index (χ0v) is 9.47. The van der Waals surface area contributed by atoms with E-state index in [9.17, 15) is 18.0 Å². The number of amides is 1. The number of piperidine rings is 1. The zero-order valence-electron chi connectivity index (χ0n) is 9.47. The average molecular weight is 238 g/mol. The molecule has 2 atom stereocenters. The SMILES string of the molecule is CNC(C)C(=O)N1CCCC(C(F)(F)F)C1. The van der Waals surface area contributed by atoms with E-state index in [4.69, 9.17) is 0 Å². The maximum Gasteiger partial charge on any atom is 0.393 e. The number of rotatable bonds is 2. The molecule has 0 aliphatic carbocycles. The Morgan fingerprint density at radius 2 is 2.12 bits per heavy atom. The van der Waals surface area contributed by atoms with Crippen molar-refractivity contribution < 1.29 is 18.0 Å². The van der Waals surface area contributed by atoms with E-state index in [0.29, 0.717) is 13.0 Å². The molecule has 1 aliphatic rings. The van der Waals surface area contributed by atoms with Gasteiger partial charge < -0.3 is 10.2 Å². The first-order valence-corrected chi connectivity index (χ1v) is 5.39. The molecule has 0 aromatic rings. The number of hydrogen-bond acceptors (Lipinski definition) is 2. The largest absolute Gasteiger partial charge is 0.393 e. The first-order valence-electron chi connectivity index (χ1n) is 5.39. The van der Waals surface area contributed by atoms with Crippen molar-refractivity contribution in [2.75, 3.05) is 20.1 Å². The normalized spacial score (nSPS) is 24.3. The van der Waals surface area contributed by atoms with Crippen LogP contribution < -0.4 is 5.32 Å². The maximum atomic E-state index is 12.5. The summed E-state index contributed by atoms with van der Waals surface area (Å²) in [4.78, 5) is 13.0. The van der Waals surface area contributed by atoms with Crippen LogP contribution in [0.4, 0.5) is 13.2 Å². The highest BCUT2D eigenvalue weighted by atomic mass is 19.4. The minimum Gasteiger partial charge on any atom is -0.341 e. The highest BCUT2D eigenvalue weighted by Crippen LogP contribution is 2.33. The number of nitrogens with zero attached hydrogens (tertiary/aromatic N) is 1. The molecule has 1 aliphatic heterocycles. The van der Waals surface area contributed by atoms with Crippen LogP contribution in [-0.4, -0.2) is 43.2 Å². The lowest BCUT2D eigenvalue weighted by atomic mass is 9.97. The first-order chi connectivity index (χ1) is 7.36. The third-order valence-electron chi connectivity index (χ3n) is 3.00. The molecule has 0 saturated carbocycles. The van der Waals surface area contributed by atoms with Crippen LogP contribution in [0.5, 0.6) is 0 Å². The van der Waals surface area contributed by atoms with Crippen LogP contribution in [-0.2, 0) is 4.79 Å². The monoisotopic (exact) mass is 238 g/mol. The molecule has 2 unspecified atom stereocenters. The topological polar surface area (TPSA) is 32.3 Å². The molecule has 0 aromatic heterocycles. The summed E-state index contributed by atoms with van der Waals surface area (Å²) < 4.78 is 37.5. The number of carbonyl (C=O) groups excluding carboxylic acids is 1. The van der Waals surface area contributed by atoms with E-state index in [2.05, 4.69) is 5.32 Å². The molecule has 94 valence electrons.